The molecule has 0 aliphatic rings. The summed E-state index contributed by atoms with van der Waals surface area (Å²) < 4.78 is 0. The third-order valence-electron chi connectivity index (χ3n) is 9.43. The Labute approximate surface area is 278 Å². The van der Waals surface area contributed by atoms with Gasteiger partial charge in [0.15, 0.2) is 0 Å². The summed E-state index contributed by atoms with van der Waals surface area (Å²) in [5, 5.41) is 53.4. The molecule has 0 spiro atoms. The van der Waals surface area contributed by atoms with Crippen LogP contribution in [-0.2, 0) is 0 Å². The summed E-state index contributed by atoms with van der Waals surface area (Å²) in [5.41, 5.74) is 0.111. The Kier molecular flexibility index (Phi) is 20.3. The van der Waals surface area contributed by atoms with E-state index in [-0.39, 0.29) is 0 Å². The van der Waals surface area contributed by atoms with Crippen LogP contribution >= 0.6 is 0 Å². The SMILES string of the molecule is C=CC(C)(O)CCC=C(C)CCC=C(C)CCCC(C)(O)CCCC(C)(O)CCCC(C)(O)CCCC(C)(O)CCC=C(C)C. The zero-order chi connectivity index (χ0) is 34.8. The fraction of sp³-hybridized carbons (Fsp3) is 0.800. The Morgan fingerprint density at radius 1 is 0.467 bits per heavy atom. The quantitative estimate of drug-likeness (QED) is 0.0610. The summed E-state index contributed by atoms with van der Waals surface area (Å²) in [6.07, 6.45) is 22.3. The normalized spacial score (nSPS) is 19.5. The van der Waals surface area contributed by atoms with Gasteiger partial charge in [0.25, 0.3) is 0 Å². The molecule has 0 saturated carbocycles. The van der Waals surface area contributed by atoms with Crippen LogP contribution in [0.5, 0.6) is 0 Å². The molecule has 0 fully saturated rings. The van der Waals surface area contributed by atoms with E-state index in [4.69, 9.17) is 0 Å². The van der Waals surface area contributed by atoms with Gasteiger partial charge in [0, 0.05) is 0 Å². The molecule has 0 aromatic rings. The highest BCUT2D eigenvalue weighted by molar-refractivity contribution is 5.05. The van der Waals surface area contributed by atoms with Gasteiger partial charge in [0.1, 0.15) is 0 Å². The molecule has 45 heavy (non-hydrogen) atoms. The monoisotopic (exact) mass is 635 g/mol. The van der Waals surface area contributed by atoms with E-state index in [2.05, 4.69) is 52.5 Å². The second kappa shape index (κ2) is 20.9. The van der Waals surface area contributed by atoms with Crippen molar-refractivity contribution >= 4 is 0 Å². The largest absolute Gasteiger partial charge is 0.390 e. The molecule has 0 aromatic heterocycles. The van der Waals surface area contributed by atoms with Gasteiger partial charge in [-0.05, 0) is 178 Å². The Morgan fingerprint density at radius 3 is 1.24 bits per heavy atom. The lowest BCUT2D eigenvalue weighted by molar-refractivity contribution is -0.00312. The molecule has 0 radical (unpaired) electrons. The van der Waals surface area contributed by atoms with Gasteiger partial charge >= 0.3 is 0 Å². The van der Waals surface area contributed by atoms with Gasteiger partial charge in [-0.25, -0.2) is 0 Å². The molecule has 5 heteroatoms. The molecule has 0 aromatic carbocycles. The van der Waals surface area contributed by atoms with E-state index in [1.807, 2.05) is 27.7 Å². The van der Waals surface area contributed by atoms with E-state index in [0.717, 1.165) is 70.6 Å². The topological polar surface area (TPSA) is 101 Å². The van der Waals surface area contributed by atoms with Crippen molar-refractivity contribution in [1.82, 2.24) is 0 Å². The van der Waals surface area contributed by atoms with Crippen molar-refractivity contribution in [2.75, 3.05) is 0 Å². The molecule has 5 atom stereocenters. The van der Waals surface area contributed by atoms with Crippen LogP contribution in [-0.4, -0.2) is 53.5 Å². The van der Waals surface area contributed by atoms with Crippen molar-refractivity contribution in [3.63, 3.8) is 0 Å². The van der Waals surface area contributed by atoms with Gasteiger partial charge in [-0.3, -0.25) is 0 Å². The fourth-order valence-electron chi connectivity index (χ4n) is 5.93. The first kappa shape index (κ1) is 43.8. The van der Waals surface area contributed by atoms with Gasteiger partial charge < -0.3 is 25.5 Å². The van der Waals surface area contributed by atoms with Crippen molar-refractivity contribution in [2.45, 2.75) is 206 Å². The van der Waals surface area contributed by atoms with Gasteiger partial charge in [-0.15, -0.1) is 6.58 Å². The molecular weight excluding hydrogens is 560 g/mol. The maximum atomic E-state index is 10.9. The van der Waals surface area contributed by atoms with Crippen LogP contribution < -0.4 is 0 Å². The van der Waals surface area contributed by atoms with Crippen molar-refractivity contribution in [2.24, 2.45) is 0 Å². The predicted octanol–water partition coefficient (Wildman–Crippen LogP) is 9.81. The number of hydrogen-bond donors (Lipinski definition) is 5. The van der Waals surface area contributed by atoms with E-state index in [9.17, 15) is 25.5 Å². The van der Waals surface area contributed by atoms with E-state index in [1.54, 1.807) is 13.0 Å². The van der Waals surface area contributed by atoms with Gasteiger partial charge in [0.2, 0.25) is 0 Å². The van der Waals surface area contributed by atoms with Crippen LogP contribution in [0.4, 0.5) is 0 Å². The summed E-state index contributed by atoms with van der Waals surface area (Å²) in [6, 6.07) is 0. The van der Waals surface area contributed by atoms with Crippen molar-refractivity contribution in [3.05, 3.63) is 47.6 Å². The average molecular weight is 635 g/mol. The molecule has 0 heterocycles. The Hall–Kier alpha value is -1.24. The van der Waals surface area contributed by atoms with Gasteiger partial charge in [0.05, 0.1) is 28.0 Å². The van der Waals surface area contributed by atoms with Crippen LogP contribution in [0.25, 0.3) is 0 Å². The minimum Gasteiger partial charge on any atom is -0.390 e. The van der Waals surface area contributed by atoms with Crippen molar-refractivity contribution < 1.29 is 25.5 Å². The van der Waals surface area contributed by atoms with Crippen molar-refractivity contribution in [1.29, 1.82) is 0 Å². The van der Waals surface area contributed by atoms with E-state index in [1.165, 1.54) is 16.7 Å². The first-order valence-electron chi connectivity index (χ1n) is 17.8. The maximum Gasteiger partial charge on any atom is 0.0800 e. The average Bonchev–Trinajstić information content (AvgIpc) is 2.87. The van der Waals surface area contributed by atoms with Crippen LogP contribution in [0.3, 0.4) is 0 Å². The lowest BCUT2D eigenvalue weighted by Crippen LogP contribution is -2.30. The van der Waals surface area contributed by atoms with Crippen LogP contribution in [0, 0.1) is 0 Å². The van der Waals surface area contributed by atoms with E-state index >= 15 is 0 Å². The zero-order valence-corrected chi connectivity index (χ0v) is 31.0. The van der Waals surface area contributed by atoms with Crippen molar-refractivity contribution in [3.8, 4) is 0 Å². The number of rotatable bonds is 26. The Morgan fingerprint density at radius 2 is 0.822 bits per heavy atom. The van der Waals surface area contributed by atoms with E-state index < -0.39 is 28.0 Å². The van der Waals surface area contributed by atoms with Crippen LogP contribution in [0.2, 0.25) is 0 Å². The summed E-state index contributed by atoms with van der Waals surface area (Å²) >= 11 is 0. The first-order valence-corrected chi connectivity index (χ1v) is 17.8. The molecule has 0 amide bonds. The molecule has 0 aliphatic carbocycles. The van der Waals surface area contributed by atoms with Gasteiger partial charge in [-0.2, -0.15) is 0 Å². The number of aliphatic hydroxyl groups is 5. The molecule has 0 bridgehead atoms. The third-order valence-corrected chi connectivity index (χ3v) is 9.43. The molecule has 0 aliphatic heterocycles. The fourth-order valence-corrected chi connectivity index (χ4v) is 5.93. The third kappa shape index (κ3) is 25.5. The molecule has 0 saturated heterocycles. The maximum absolute atomic E-state index is 10.9. The predicted molar refractivity (Wildman–Crippen MR) is 193 cm³/mol. The van der Waals surface area contributed by atoms with Crippen LogP contribution in [0.15, 0.2) is 47.6 Å². The summed E-state index contributed by atoms with van der Waals surface area (Å²) in [6.45, 7) is 21.5. The lowest BCUT2D eigenvalue weighted by atomic mass is 9.84. The smallest absolute Gasteiger partial charge is 0.0800 e. The zero-order valence-electron chi connectivity index (χ0n) is 31.0. The minimum atomic E-state index is -0.809. The Bertz CT molecular complexity index is 913. The highest BCUT2D eigenvalue weighted by Gasteiger charge is 2.27. The number of allylic oxidation sites excluding steroid dienone is 6. The molecule has 5 unspecified atom stereocenters. The summed E-state index contributed by atoms with van der Waals surface area (Å²) in [7, 11) is 0. The standard InChI is InChI=1S/C40H74O5/c1-11-36(6,41)24-14-22-34(4)20-12-21-35(5)23-15-26-38(8,43)28-17-30-40(10,45)32-18-31-39(9,44)29-16-27-37(7,42)25-13-19-33(2)3/h11,19,21-22,41-45H,1,12-18,20,23-32H2,2-10H3. The minimum absolute atomic E-state index is 0.625. The number of hydrogen-bond acceptors (Lipinski definition) is 5. The first-order chi connectivity index (χ1) is 20.6. The Balaban J connectivity index is 4.30. The highest BCUT2D eigenvalue weighted by Crippen LogP contribution is 2.30. The highest BCUT2D eigenvalue weighted by atomic mass is 16.3. The van der Waals surface area contributed by atoms with E-state index in [0.29, 0.717) is 44.9 Å². The molecule has 5 N–H and O–H groups in total. The lowest BCUT2D eigenvalue weighted by Gasteiger charge is -2.30. The molecule has 0 rings (SSSR count). The molecule has 5 nitrogen and oxygen atoms in total. The summed E-state index contributed by atoms with van der Waals surface area (Å²) in [5.74, 6) is 0. The summed E-state index contributed by atoms with van der Waals surface area (Å²) in [4.78, 5) is 0. The molecular formula is C40H74O5. The van der Waals surface area contributed by atoms with Gasteiger partial charge in [-0.1, -0.05) is 41.0 Å². The molecule has 264 valence electrons. The second-order valence-corrected chi connectivity index (χ2v) is 16.0. The van der Waals surface area contributed by atoms with Crippen LogP contribution in [0.1, 0.15) is 178 Å². The second-order valence-electron chi connectivity index (χ2n) is 16.0.